The fourth-order valence-electron chi connectivity index (χ4n) is 5.10. The zero-order valence-electron chi connectivity index (χ0n) is 22.0. The zero-order chi connectivity index (χ0) is 30.8. The lowest BCUT2D eigenvalue weighted by Gasteiger charge is -2.28. The molecule has 0 unspecified atom stereocenters. The van der Waals surface area contributed by atoms with Gasteiger partial charge >= 0.3 is 11.5 Å². The minimum Gasteiger partial charge on any atom is -0.496 e. The summed E-state index contributed by atoms with van der Waals surface area (Å²) in [5.74, 6) is -5.11. The van der Waals surface area contributed by atoms with Gasteiger partial charge in [-0.15, -0.1) is 0 Å². The molecule has 2 aliphatic carbocycles. The van der Waals surface area contributed by atoms with Crippen LogP contribution in [0, 0.1) is 23.6 Å². The van der Waals surface area contributed by atoms with Gasteiger partial charge in [0.1, 0.15) is 5.75 Å². The molecule has 2 bridgehead atoms. The fraction of sp³-hybridized carbons (Fsp3) is 0.370. The number of ether oxygens (including phenoxy) is 2. The van der Waals surface area contributed by atoms with Gasteiger partial charge in [-0.05, 0) is 48.9 Å². The highest BCUT2D eigenvalue weighted by atomic mass is 32.2. The summed E-state index contributed by atoms with van der Waals surface area (Å²) in [6.07, 6.45) is 4.03. The van der Waals surface area contributed by atoms with Crippen molar-refractivity contribution in [2.75, 3.05) is 19.0 Å². The number of benzene rings is 2. The van der Waals surface area contributed by atoms with Crippen LogP contribution in [0.2, 0.25) is 0 Å². The highest BCUT2D eigenvalue weighted by Gasteiger charge is 2.49. The minimum absolute atomic E-state index is 0.0989. The van der Waals surface area contributed by atoms with Crippen molar-refractivity contribution >= 4 is 33.3 Å². The molecule has 0 aliphatic heterocycles. The molecule has 2 aliphatic rings. The van der Waals surface area contributed by atoms with Gasteiger partial charge in [0.15, 0.2) is 11.6 Å². The number of carbonyl (C=O) groups excluding carboxylic acids is 2. The Morgan fingerprint density at radius 3 is 2.45 bits per heavy atom. The second-order valence-corrected chi connectivity index (χ2v) is 11.7. The molecular formula is C27H26F4N2O8S. The number of methoxy groups -OCH3 is 1. The quantitative estimate of drug-likeness (QED) is 0.196. The second kappa shape index (κ2) is 12.0. The van der Waals surface area contributed by atoms with Crippen LogP contribution in [0.4, 0.5) is 23.2 Å². The molecule has 3 N–H and O–H groups in total. The predicted molar refractivity (Wildman–Crippen MR) is 139 cm³/mol. The van der Waals surface area contributed by atoms with E-state index in [-0.39, 0.29) is 54.0 Å². The first-order valence-corrected chi connectivity index (χ1v) is 14.1. The van der Waals surface area contributed by atoms with Gasteiger partial charge < -0.3 is 25.2 Å². The van der Waals surface area contributed by atoms with Crippen molar-refractivity contribution in [3.63, 3.8) is 0 Å². The molecule has 1 fully saturated rings. The molecule has 42 heavy (non-hydrogen) atoms. The molecule has 10 nitrogen and oxygen atoms in total. The van der Waals surface area contributed by atoms with E-state index in [1.165, 1.54) is 13.2 Å². The predicted octanol–water partition coefficient (Wildman–Crippen LogP) is 3.93. The maximum Gasteiger partial charge on any atom is 0.501 e. The van der Waals surface area contributed by atoms with E-state index in [0.717, 1.165) is 24.3 Å². The van der Waals surface area contributed by atoms with Crippen LogP contribution in [0.15, 0.2) is 53.4 Å². The lowest BCUT2D eigenvalue weighted by molar-refractivity contribution is -0.137. The summed E-state index contributed by atoms with van der Waals surface area (Å²) in [5, 5.41) is 14.0. The molecule has 0 aromatic heterocycles. The summed E-state index contributed by atoms with van der Waals surface area (Å²) in [7, 11) is -4.41. The van der Waals surface area contributed by atoms with E-state index in [0.29, 0.717) is 12.5 Å². The first kappa shape index (κ1) is 30.8. The fourth-order valence-corrected chi connectivity index (χ4v) is 5.91. The van der Waals surface area contributed by atoms with Crippen molar-refractivity contribution in [3.8, 4) is 11.5 Å². The van der Waals surface area contributed by atoms with E-state index in [1.54, 1.807) is 6.08 Å². The van der Waals surface area contributed by atoms with E-state index >= 15 is 0 Å². The number of hydrogen-bond donors (Lipinski definition) is 3. The first-order chi connectivity index (χ1) is 19.7. The van der Waals surface area contributed by atoms with Gasteiger partial charge in [0.2, 0.25) is 5.91 Å². The number of carboxylic acid groups (broad SMARTS) is 1. The molecular weight excluding hydrogens is 588 g/mol. The lowest BCUT2D eigenvalue weighted by Crippen LogP contribution is -2.47. The number of sulfone groups is 1. The average Bonchev–Trinajstić information content (AvgIpc) is 3.53. The van der Waals surface area contributed by atoms with Gasteiger partial charge in [-0.2, -0.15) is 13.2 Å². The Balaban J connectivity index is 1.52. The molecule has 2 aromatic rings. The van der Waals surface area contributed by atoms with E-state index in [2.05, 4.69) is 10.6 Å². The Labute approximate surface area is 237 Å². The van der Waals surface area contributed by atoms with Crippen LogP contribution >= 0.6 is 0 Å². The molecule has 0 saturated heterocycles. The van der Waals surface area contributed by atoms with E-state index in [1.807, 2.05) is 6.08 Å². The van der Waals surface area contributed by atoms with Crippen molar-refractivity contribution in [3.05, 3.63) is 59.9 Å². The number of hydrogen-bond acceptors (Lipinski definition) is 7. The summed E-state index contributed by atoms with van der Waals surface area (Å²) in [4.78, 5) is 36.3. The standard InChI is InChI=1S/C27H26F4N2O8S/c1-40-20-13-19(28)21(41-9-3-6-22(34)35)12-18(20)25(36)33-24-15-8-7-14(10-15)23(24)26(37)32-16-4-2-5-17(11-16)42(38,39)27(29,30)31/h2,4-5,7-8,11-15,23-24H,3,6,9-10H2,1H3,(H,32,37)(H,33,36)(H,34,35)/t14-,15+,23+,24-/m1/s1. The van der Waals surface area contributed by atoms with Crippen LogP contribution in [-0.4, -0.2) is 56.6 Å². The molecule has 0 spiro atoms. The number of amides is 2. The number of carbonyl (C=O) groups is 3. The Hall–Kier alpha value is -4.14. The number of fused-ring (bicyclic) bond motifs is 2. The molecule has 2 amide bonds. The second-order valence-electron chi connectivity index (χ2n) is 9.77. The number of anilines is 1. The lowest BCUT2D eigenvalue weighted by atomic mass is 9.87. The number of halogens is 4. The van der Waals surface area contributed by atoms with Crippen molar-refractivity contribution < 1.29 is 54.9 Å². The van der Waals surface area contributed by atoms with E-state index < -0.39 is 55.8 Å². The summed E-state index contributed by atoms with van der Waals surface area (Å²) in [5.41, 5.74) is -5.80. The van der Waals surface area contributed by atoms with Gasteiger partial charge in [0.05, 0.1) is 30.1 Å². The molecule has 0 heterocycles. The third-order valence-corrected chi connectivity index (χ3v) is 8.55. The monoisotopic (exact) mass is 614 g/mol. The van der Waals surface area contributed by atoms with Crippen LogP contribution < -0.4 is 20.1 Å². The van der Waals surface area contributed by atoms with Crippen molar-refractivity contribution in [2.45, 2.75) is 35.7 Å². The third-order valence-electron chi connectivity index (χ3n) is 7.07. The number of rotatable bonds is 11. The van der Waals surface area contributed by atoms with Crippen LogP contribution in [0.5, 0.6) is 11.5 Å². The highest BCUT2D eigenvalue weighted by molar-refractivity contribution is 7.92. The zero-order valence-corrected chi connectivity index (χ0v) is 22.8. The van der Waals surface area contributed by atoms with Crippen LogP contribution in [-0.2, 0) is 19.4 Å². The Bertz CT molecular complexity index is 1530. The number of allylic oxidation sites excluding steroid dienone is 1. The van der Waals surface area contributed by atoms with Crippen molar-refractivity contribution in [2.24, 2.45) is 17.8 Å². The molecule has 1 saturated carbocycles. The molecule has 2 aromatic carbocycles. The Kier molecular flexibility index (Phi) is 8.80. The Morgan fingerprint density at radius 1 is 1.07 bits per heavy atom. The maximum absolute atomic E-state index is 14.5. The number of aliphatic carboxylic acids is 1. The largest absolute Gasteiger partial charge is 0.501 e. The smallest absolute Gasteiger partial charge is 0.496 e. The van der Waals surface area contributed by atoms with Crippen molar-refractivity contribution in [1.29, 1.82) is 0 Å². The van der Waals surface area contributed by atoms with Crippen molar-refractivity contribution in [1.82, 2.24) is 5.32 Å². The maximum atomic E-state index is 14.5. The van der Waals surface area contributed by atoms with Gasteiger partial charge in [-0.25, -0.2) is 12.8 Å². The number of nitrogens with one attached hydrogen (secondary N) is 2. The molecule has 226 valence electrons. The first-order valence-electron chi connectivity index (χ1n) is 12.7. The molecule has 15 heteroatoms. The van der Waals surface area contributed by atoms with Gasteiger partial charge in [-0.1, -0.05) is 18.2 Å². The SMILES string of the molecule is COc1cc(F)c(OCCCC(=O)O)cc1C(=O)N[C@H]1[C@@H](C(=O)Nc2cccc(S(=O)(=O)C(F)(F)F)c2)[C@@H]2C=C[C@H]1C2. The van der Waals surface area contributed by atoms with E-state index in [4.69, 9.17) is 14.6 Å². The highest BCUT2D eigenvalue weighted by Crippen LogP contribution is 2.44. The van der Waals surface area contributed by atoms with Gasteiger partial charge in [-0.3, -0.25) is 14.4 Å². The van der Waals surface area contributed by atoms with Crippen LogP contribution in [0.25, 0.3) is 0 Å². The van der Waals surface area contributed by atoms with Gasteiger partial charge in [0, 0.05) is 24.2 Å². The normalized spacial score (nSPS) is 21.2. The average molecular weight is 615 g/mol. The Morgan fingerprint density at radius 2 is 1.79 bits per heavy atom. The van der Waals surface area contributed by atoms with Gasteiger partial charge in [0.25, 0.3) is 15.7 Å². The van der Waals surface area contributed by atoms with Crippen LogP contribution in [0.3, 0.4) is 0 Å². The topological polar surface area (TPSA) is 148 Å². The number of alkyl halides is 3. The van der Waals surface area contributed by atoms with Crippen LogP contribution in [0.1, 0.15) is 29.6 Å². The summed E-state index contributed by atoms with van der Waals surface area (Å²) in [6, 6.07) is 5.07. The summed E-state index contributed by atoms with van der Waals surface area (Å²) in [6.45, 7) is -0.124. The molecule has 4 atom stereocenters. The third kappa shape index (κ3) is 6.35. The molecule has 4 rings (SSSR count). The number of carboxylic acids is 1. The molecule has 0 radical (unpaired) electrons. The van der Waals surface area contributed by atoms with E-state index in [9.17, 15) is 40.4 Å². The minimum atomic E-state index is -5.64. The summed E-state index contributed by atoms with van der Waals surface area (Å²) < 4.78 is 87.6. The summed E-state index contributed by atoms with van der Waals surface area (Å²) >= 11 is 0.